The van der Waals surface area contributed by atoms with E-state index in [1.807, 2.05) is 6.92 Å². The SMILES string of the molecule is COc1c(C)cc(Cl)cc1-c1cc(=O)[nH]c(N)n1. The van der Waals surface area contributed by atoms with E-state index in [0.717, 1.165) is 5.56 Å². The van der Waals surface area contributed by atoms with Crippen LogP contribution in [0.15, 0.2) is 23.0 Å². The van der Waals surface area contributed by atoms with Crippen molar-refractivity contribution in [3.63, 3.8) is 0 Å². The number of rotatable bonds is 2. The van der Waals surface area contributed by atoms with Gasteiger partial charge in [-0.1, -0.05) is 11.6 Å². The maximum absolute atomic E-state index is 11.4. The Morgan fingerprint density at radius 3 is 2.72 bits per heavy atom. The fraction of sp³-hybridized carbons (Fsp3) is 0.167. The molecule has 5 nitrogen and oxygen atoms in total. The molecule has 0 spiro atoms. The topological polar surface area (TPSA) is 81.0 Å². The second kappa shape index (κ2) is 4.70. The maximum atomic E-state index is 11.4. The molecule has 6 heteroatoms. The Labute approximate surface area is 109 Å². The van der Waals surface area contributed by atoms with Gasteiger partial charge in [0.2, 0.25) is 5.95 Å². The lowest BCUT2D eigenvalue weighted by molar-refractivity contribution is 0.413. The van der Waals surface area contributed by atoms with E-state index in [-0.39, 0.29) is 11.5 Å². The summed E-state index contributed by atoms with van der Waals surface area (Å²) in [5.74, 6) is 0.675. The van der Waals surface area contributed by atoms with Gasteiger partial charge in [0.05, 0.1) is 12.8 Å². The van der Waals surface area contributed by atoms with Crippen molar-refractivity contribution in [3.8, 4) is 17.0 Å². The van der Waals surface area contributed by atoms with E-state index in [4.69, 9.17) is 22.1 Å². The summed E-state index contributed by atoms with van der Waals surface area (Å²) in [5, 5.41) is 0.545. The molecule has 94 valence electrons. The van der Waals surface area contributed by atoms with Crippen LogP contribution in [0.4, 0.5) is 5.95 Å². The third kappa shape index (κ3) is 2.31. The van der Waals surface area contributed by atoms with E-state index >= 15 is 0 Å². The average Bonchev–Trinajstić information content (AvgIpc) is 2.26. The van der Waals surface area contributed by atoms with Gasteiger partial charge in [-0.2, -0.15) is 0 Å². The van der Waals surface area contributed by atoms with Crippen LogP contribution in [-0.4, -0.2) is 17.1 Å². The zero-order valence-corrected chi connectivity index (χ0v) is 10.7. The lowest BCUT2D eigenvalue weighted by atomic mass is 10.1. The molecule has 0 radical (unpaired) electrons. The van der Waals surface area contributed by atoms with Gasteiger partial charge in [0.15, 0.2) is 0 Å². The average molecular weight is 266 g/mol. The summed E-state index contributed by atoms with van der Waals surface area (Å²) in [5.41, 5.74) is 7.13. The number of H-pyrrole nitrogens is 1. The van der Waals surface area contributed by atoms with E-state index in [0.29, 0.717) is 22.0 Å². The van der Waals surface area contributed by atoms with Crippen molar-refractivity contribution in [1.82, 2.24) is 9.97 Å². The number of halogens is 1. The monoisotopic (exact) mass is 265 g/mol. The standard InChI is InChI=1S/C12H12ClN3O2/c1-6-3-7(13)4-8(11(6)18-2)9-5-10(17)16-12(14)15-9/h3-5H,1-2H3,(H3,14,15,16,17). The highest BCUT2D eigenvalue weighted by Crippen LogP contribution is 2.34. The van der Waals surface area contributed by atoms with E-state index in [1.165, 1.54) is 6.07 Å². The number of nitrogens with one attached hydrogen (secondary N) is 1. The van der Waals surface area contributed by atoms with Gasteiger partial charge in [0.25, 0.3) is 5.56 Å². The Hall–Kier alpha value is -2.01. The molecule has 0 unspecified atom stereocenters. The Kier molecular flexibility index (Phi) is 3.25. The van der Waals surface area contributed by atoms with Gasteiger partial charge < -0.3 is 10.5 Å². The van der Waals surface area contributed by atoms with Crippen LogP contribution in [0.3, 0.4) is 0 Å². The molecule has 1 aromatic carbocycles. The fourth-order valence-corrected chi connectivity index (χ4v) is 2.08. The molecule has 1 aromatic heterocycles. The molecule has 0 saturated carbocycles. The van der Waals surface area contributed by atoms with Crippen LogP contribution >= 0.6 is 11.6 Å². The lowest BCUT2D eigenvalue weighted by Gasteiger charge is -2.11. The maximum Gasteiger partial charge on any atom is 0.252 e. The molecule has 1 heterocycles. The fourth-order valence-electron chi connectivity index (χ4n) is 1.81. The molecular weight excluding hydrogens is 254 g/mol. The molecule has 0 saturated heterocycles. The summed E-state index contributed by atoms with van der Waals surface area (Å²) in [6.45, 7) is 1.87. The van der Waals surface area contributed by atoms with Crippen LogP contribution in [0.2, 0.25) is 5.02 Å². The lowest BCUT2D eigenvalue weighted by Crippen LogP contribution is -2.10. The molecule has 0 aliphatic rings. The van der Waals surface area contributed by atoms with Crippen LogP contribution in [0.1, 0.15) is 5.56 Å². The minimum atomic E-state index is -0.322. The summed E-state index contributed by atoms with van der Waals surface area (Å²) in [7, 11) is 1.55. The van der Waals surface area contributed by atoms with E-state index in [2.05, 4.69) is 9.97 Å². The highest BCUT2D eigenvalue weighted by molar-refractivity contribution is 6.31. The van der Waals surface area contributed by atoms with Gasteiger partial charge in [-0.3, -0.25) is 9.78 Å². The Balaban J connectivity index is 2.73. The molecular formula is C12H12ClN3O2. The van der Waals surface area contributed by atoms with Crippen LogP contribution in [-0.2, 0) is 0 Å². The number of ether oxygens (including phenoxy) is 1. The highest BCUT2D eigenvalue weighted by Gasteiger charge is 2.12. The van der Waals surface area contributed by atoms with Crippen molar-refractivity contribution in [1.29, 1.82) is 0 Å². The van der Waals surface area contributed by atoms with Crippen molar-refractivity contribution >= 4 is 17.5 Å². The normalized spacial score (nSPS) is 10.4. The van der Waals surface area contributed by atoms with Crippen LogP contribution < -0.4 is 16.0 Å². The van der Waals surface area contributed by atoms with Crippen molar-refractivity contribution in [2.24, 2.45) is 0 Å². The van der Waals surface area contributed by atoms with Gasteiger partial charge in [0.1, 0.15) is 5.75 Å². The number of aryl methyl sites for hydroxylation is 1. The molecule has 3 N–H and O–H groups in total. The summed E-state index contributed by atoms with van der Waals surface area (Å²) < 4.78 is 5.31. The second-order valence-corrected chi connectivity index (χ2v) is 4.26. The van der Waals surface area contributed by atoms with Crippen molar-refractivity contribution < 1.29 is 4.74 Å². The number of nitrogens with zero attached hydrogens (tertiary/aromatic N) is 1. The quantitative estimate of drug-likeness (QED) is 0.870. The van der Waals surface area contributed by atoms with Gasteiger partial charge in [-0.25, -0.2) is 4.98 Å². The minimum absolute atomic E-state index is 0.0529. The molecule has 0 fully saturated rings. The number of benzene rings is 1. The molecule has 0 amide bonds. The minimum Gasteiger partial charge on any atom is -0.496 e. The number of aromatic amines is 1. The van der Waals surface area contributed by atoms with Crippen molar-refractivity contribution in [3.05, 3.63) is 39.1 Å². The van der Waals surface area contributed by atoms with Gasteiger partial charge in [0, 0.05) is 16.7 Å². The predicted molar refractivity (Wildman–Crippen MR) is 71.0 cm³/mol. The van der Waals surface area contributed by atoms with Crippen LogP contribution in [0, 0.1) is 6.92 Å². The number of nitrogen functional groups attached to an aromatic ring is 1. The third-order valence-electron chi connectivity index (χ3n) is 2.48. The molecule has 0 bridgehead atoms. The number of hydrogen-bond donors (Lipinski definition) is 2. The predicted octanol–water partition coefficient (Wildman–Crippen LogP) is 1.99. The first kappa shape index (κ1) is 12.4. The van der Waals surface area contributed by atoms with Crippen molar-refractivity contribution in [2.75, 3.05) is 12.8 Å². The second-order valence-electron chi connectivity index (χ2n) is 3.82. The first-order valence-electron chi connectivity index (χ1n) is 5.22. The van der Waals surface area contributed by atoms with E-state index in [9.17, 15) is 4.79 Å². The van der Waals surface area contributed by atoms with Gasteiger partial charge in [-0.15, -0.1) is 0 Å². The number of nitrogens with two attached hydrogens (primary N) is 1. The van der Waals surface area contributed by atoms with E-state index in [1.54, 1.807) is 19.2 Å². The summed E-state index contributed by atoms with van der Waals surface area (Å²) in [4.78, 5) is 17.9. The summed E-state index contributed by atoms with van der Waals surface area (Å²) in [6.07, 6.45) is 0. The molecule has 2 rings (SSSR count). The molecule has 2 aromatic rings. The van der Waals surface area contributed by atoms with Crippen molar-refractivity contribution in [2.45, 2.75) is 6.92 Å². The van der Waals surface area contributed by atoms with Gasteiger partial charge >= 0.3 is 0 Å². The molecule has 0 aliphatic carbocycles. The van der Waals surface area contributed by atoms with Crippen LogP contribution in [0.5, 0.6) is 5.75 Å². The van der Waals surface area contributed by atoms with E-state index < -0.39 is 0 Å². The smallest absolute Gasteiger partial charge is 0.252 e. The number of anilines is 1. The zero-order valence-electron chi connectivity index (χ0n) is 9.95. The number of methoxy groups -OCH3 is 1. The van der Waals surface area contributed by atoms with Gasteiger partial charge in [-0.05, 0) is 24.6 Å². The largest absolute Gasteiger partial charge is 0.496 e. The number of hydrogen-bond acceptors (Lipinski definition) is 4. The first-order chi connectivity index (χ1) is 8.51. The highest BCUT2D eigenvalue weighted by atomic mass is 35.5. The molecule has 18 heavy (non-hydrogen) atoms. The zero-order chi connectivity index (χ0) is 13.3. The third-order valence-corrected chi connectivity index (χ3v) is 2.70. The Morgan fingerprint density at radius 1 is 1.39 bits per heavy atom. The Morgan fingerprint density at radius 2 is 2.11 bits per heavy atom. The number of aromatic nitrogens is 2. The van der Waals surface area contributed by atoms with Crippen LogP contribution in [0.25, 0.3) is 11.3 Å². The Bertz CT molecular complexity index is 652. The molecule has 0 atom stereocenters. The summed E-state index contributed by atoms with van der Waals surface area (Å²) >= 11 is 6.01. The molecule has 0 aliphatic heterocycles. The first-order valence-corrected chi connectivity index (χ1v) is 5.60. The summed E-state index contributed by atoms with van der Waals surface area (Å²) in [6, 6.07) is 4.82.